The third-order valence-electron chi connectivity index (χ3n) is 4.32. The van der Waals surface area contributed by atoms with Crippen LogP contribution in [0.15, 0.2) is 78.9 Å². The van der Waals surface area contributed by atoms with Crippen LogP contribution in [0.5, 0.6) is 11.5 Å². The average Bonchev–Trinajstić information content (AvgIpc) is 2.74. The van der Waals surface area contributed by atoms with Crippen molar-refractivity contribution in [2.75, 3.05) is 23.8 Å². The molecule has 156 valence electrons. The van der Waals surface area contributed by atoms with Crippen molar-refractivity contribution in [2.24, 2.45) is 5.73 Å². The zero-order valence-electron chi connectivity index (χ0n) is 16.8. The van der Waals surface area contributed by atoms with Gasteiger partial charge < -0.3 is 25.8 Å². The fourth-order valence-corrected chi connectivity index (χ4v) is 3.04. The Morgan fingerprint density at radius 1 is 0.700 bits per heavy atom. The normalized spacial score (nSPS) is 10.3. The lowest BCUT2D eigenvalue weighted by Crippen LogP contribution is -2.18. The third kappa shape index (κ3) is 7.64. The molecule has 3 aromatic rings. The molecule has 0 fully saturated rings. The van der Waals surface area contributed by atoms with Crippen molar-refractivity contribution in [1.82, 2.24) is 0 Å². The predicted octanol–water partition coefficient (Wildman–Crippen LogP) is 5.71. The van der Waals surface area contributed by atoms with Crippen molar-refractivity contribution in [2.45, 2.75) is 19.3 Å². The minimum absolute atomic E-state index is 0.244. The highest BCUT2D eigenvalue weighted by atomic mass is 32.1. The highest BCUT2D eigenvalue weighted by molar-refractivity contribution is 7.80. The molecule has 0 aliphatic heterocycles. The molecule has 30 heavy (non-hydrogen) atoms. The molecule has 0 radical (unpaired) electrons. The Balaban J connectivity index is 1.32. The monoisotopic (exact) mass is 421 g/mol. The number of nitrogens with one attached hydrogen (secondary N) is 2. The summed E-state index contributed by atoms with van der Waals surface area (Å²) >= 11 is 4.85. The van der Waals surface area contributed by atoms with Gasteiger partial charge in [0.25, 0.3) is 0 Å². The summed E-state index contributed by atoms with van der Waals surface area (Å²) in [5.74, 6) is 1.67. The van der Waals surface area contributed by atoms with E-state index < -0.39 is 0 Å². The Morgan fingerprint density at radius 3 is 1.90 bits per heavy atom. The smallest absolute Gasteiger partial charge is 0.168 e. The molecule has 0 aliphatic rings. The van der Waals surface area contributed by atoms with Gasteiger partial charge in [-0.15, -0.1) is 0 Å². The van der Waals surface area contributed by atoms with E-state index in [1.807, 2.05) is 78.9 Å². The van der Waals surface area contributed by atoms with E-state index in [2.05, 4.69) is 10.6 Å². The number of hydrogen-bond acceptors (Lipinski definition) is 4. The van der Waals surface area contributed by atoms with Crippen LogP contribution in [0.2, 0.25) is 0 Å². The van der Waals surface area contributed by atoms with Crippen molar-refractivity contribution in [1.29, 1.82) is 0 Å². The van der Waals surface area contributed by atoms with E-state index in [0.29, 0.717) is 13.2 Å². The van der Waals surface area contributed by atoms with Gasteiger partial charge in [0, 0.05) is 29.2 Å². The van der Waals surface area contributed by atoms with E-state index >= 15 is 0 Å². The van der Waals surface area contributed by atoms with E-state index in [-0.39, 0.29) is 5.11 Å². The Hall–Kier alpha value is -3.25. The van der Waals surface area contributed by atoms with Crippen LogP contribution in [0.25, 0.3) is 0 Å². The molecule has 5 nitrogen and oxygen atoms in total. The number of benzene rings is 3. The maximum atomic E-state index is 5.89. The summed E-state index contributed by atoms with van der Waals surface area (Å²) in [6, 6.07) is 25.7. The molecule has 0 amide bonds. The lowest BCUT2D eigenvalue weighted by atomic mass is 10.2. The Labute approximate surface area is 183 Å². The summed E-state index contributed by atoms with van der Waals surface area (Å²) in [5.41, 5.74) is 8.39. The standard InChI is InChI=1S/C24H27N3O2S/c25-24(30)27-21-12-8-14-23(18-21)29-16-6-2-5-15-28-22-13-7-11-20(17-22)26-19-9-3-1-4-10-19/h1,3-4,7-14,17-18,26H,2,5-6,15-16H2,(H3,25,27,30). The fraction of sp³-hybridized carbons (Fsp3) is 0.208. The van der Waals surface area contributed by atoms with E-state index in [0.717, 1.165) is 47.8 Å². The average molecular weight is 422 g/mol. The summed E-state index contributed by atoms with van der Waals surface area (Å²) in [5, 5.41) is 6.53. The van der Waals surface area contributed by atoms with E-state index in [4.69, 9.17) is 27.4 Å². The lowest BCUT2D eigenvalue weighted by molar-refractivity contribution is 0.279. The van der Waals surface area contributed by atoms with Crippen molar-refractivity contribution >= 4 is 34.4 Å². The summed E-state index contributed by atoms with van der Waals surface area (Å²) in [6.07, 6.45) is 2.97. The van der Waals surface area contributed by atoms with Crippen LogP contribution in [0.4, 0.5) is 17.1 Å². The quantitative estimate of drug-likeness (QED) is 0.272. The van der Waals surface area contributed by atoms with E-state index in [1.54, 1.807) is 0 Å². The first kappa shape index (κ1) is 21.5. The summed E-state index contributed by atoms with van der Waals surface area (Å²) in [6.45, 7) is 1.34. The zero-order valence-corrected chi connectivity index (χ0v) is 17.7. The number of hydrogen-bond donors (Lipinski definition) is 3. The van der Waals surface area contributed by atoms with Crippen LogP contribution >= 0.6 is 12.2 Å². The molecule has 0 aliphatic carbocycles. The van der Waals surface area contributed by atoms with Crippen LogP contribution in [0, 0.1) is 0 Å². The minimum atomic E-state index is 0.244. The maximum absolute atomic E-state index is 5.89. The molecule has 0 bridgehead atoms. The third-order valence-corrected chi connectivity index (χ3v) is 4.43. The van der Waals surface area contributed by atoms with Gasteiger partial charge in [0.2, 0.25) is 0 Å². The SMILES string of the molecule is NC(=S)Nc1cccc(OCCCCCOc2cccc(Nc3ccccc3)c2)c1. The van der Waals surface area contributed by atoms with Gasteiger partial charge in [0.15, 0.2) is 5.11 Å². The summed E-state index contributed by atoms with van der Waals surface area (Å²) in [7, 11) is 0. The van der Waals surface area contributed by atoms with Crippen LogP contribution in [-0.4, -0.2) is 18.3 Å². The van der Waals surface area contributed by atoms with Gasteiger partial charge in [-0.1, -0.05) is 30.3 Å². The molecular formula is C24H27N3O2S. The van der Waals surface area contributed by atoms with Gasteiger partial charge in [0.1, 0.15) is 11.5 Å². The number of rotatable bonds is 11. The topological polar surface area (TPSA) is 68.5 Å². The summed E-state index contributed by atoms with van der Waals surface area (Å²) < 4.78 is 11.7. The molecule has 0 heterocycles. The number of ether oxygens (including phenoxy) is 2. The molecule has 4 N–H and O–H groups in total. The first-order valence-electron chi connectivity index (χ1n) is 10.0. The second-order valence-electron chi connectivity index (χ2n) is 6.79. The fourth-order valence-electron chi connectivity index (χ4n) is 2.92. The lowest BCUT2D eigenvalue weighted by Gasteiger charge is -2.10. The van der Waals surface area contributed by atoms with E-state index in [1.165, 1.54) is 0 Å². The van der Waals surface area contributed by atoms with Crippen molar-refractivity contribution in [3.05, 3.63) is 78.9 Å². The molecule has 6 heteroatoms. The minimum Gasteiger partial charge on any atom is -0.494 e. The molecule has 3 aromatic carbocycles. The number of thiocarbonyl (C=S) groups is 1. The van der Waals surface area contributed by atoms with Crippen LogP contribution in [-0.2, 0) is 0 Å². The van der Waals surface area contributed by atoms with Gasteiger partial charge >= 0.3 is 0 Å². The van der Waals surface area contributed by atoms with Crippen LogP contribution in [0.3, 0.4) is 0 Å². The number of unbranched alkanes of at least 4 members (excludes halogenated alkanes) is 2. The second-order valence-corrected chi connectivity index (χ2v) is 7.23. The molecule has 0 unspecified atom stereocenters. The first-order valence-corrected chi connectivity index (χ1v) is 10.4. The Kier molecular flexibility index (Phi) is 8.35. The van der Waals surface area contributed by atoms with Gasteiger partial charge in [-0.3, -0.25) is 0 Å². The van der Waals surface area contributed by atoms with Crippen molar-refractivity contribution < 1.29 is 9.47 Å². The molecule has 0 aromatic heterocycles. The highest BCUT2D eigenvalue weighted by Crippen LogP contribution is 2.22. The Morgan fingerprint density at radius 2 is 1.27 bits per heavy atom. The van der Waals surface area contributed by atoms with Crippen LogP contribution in [0.1, 0.15) is 19.3 Å². The van der Waals surface area contributed by atoms with Gasteiger partial charge in [-0.05, 0) is 67.9 Å². The number of nitrogens with two attached hydrogens (primary N) is 1. The van der Waals surface area contributed by atoms with Gasteiger partial charge in [-0.2, -0.15) is 0 Å². The largest absolute Gasteiger partial charge is 0.494 e. The molecule has 0 spiro atoms. The van der Waals surface area contributed by atoms with E-state index in [9.17, 15) is 0 Å². The maximum Gasteiger partial charge on any atom is 0.168 e. The number of para-hydroxylation sites is 1. The van der Waals surface area contributed by atoms with Crippen molar-refractivity contribution in [3.8, 4) is 11.5 Å². The Bertz CT molecular complexity index is 934. The van der Waals surface area contributed by atoms with Crippen molar-refractivity contribution in [3.63, 3.8) is 0 Å². The number of anilines is 3. The predicted molar refractivity (Wildman–Crippen MR) is 128 cm³/mol. The first-order chi connectivity index (χ1) is 14.7. The zero-order chi connectivity index (χ0) is 21.0. The second kappa shape index (κ2) is 11.7. The van der Waals surface area contributed by atoms with Gasteiger partial charge in [0.05, 0.1) is 13.2 Å². The molecule has 3 rings (SSSR count). The van der Waals surface area contributed by atoms with Crippen LogP contribution < -0.4 is 25.8 Å². The highest BCUT2D eigenvalue weighted by Gasteiger charge is 2.00. The molecule has 0 saturated heterocycles. The summed E-state index contributed by atoms with van der Waals surface area (Å²) in [4.78, 5) is 0. The van der Waals surface area contributed by atoms with Gasteiger partial charge in [-0.25, -0.2) is 0 Å². The molecule has 0 saturated carbocycles. The molecule has 0 atom stereocenters. The molecular weight excluding hydrogens is 394 g/mol.